The third-order valence-electron chi connectivity index (χ3n) is 1.36. The zero-order valence-corrected chi connectivity index (χ0v) is 7.20. The lowest BCUT2D eigenvalue weighted by Crippen LogP contribution is -2.04. The molecule has 0 aliphatic carbocycles. The Kier molecular flexibility index (Phi) is 3.41. The summed E-state index contributed by atoms with van der Waals surface area (Å²) in [5.41, 5.74) is 0.354. The molecule has 1 N–H and O–H groups in total. The summed E-state index contributed by atoms with van der Waals surface area (Å²) in [5, 5.41) is 2.81. The lowest BCUT2D eigenvalue weighted by atomic mass is 10.2. The van der Waals surface area contributed by atoms with E-state index in [1.807, 2.05) is 0 Å². The first-order valence-electron chi connectivity index (χ1n) is 3.82. The van der Waals surface area contributed by atoms with Crippen molar-refractivity contribution in [1.82, 2.24) is 5.32 Å². The van der Waals surface area contributed by atoms with Crippen LogP contribution in [0.5, 0.6) is 0 Å². The summed E-state index contributed by atoms with van der Waals surface area (Å²) in [4.78, 5) is 0. The molecule has 0 aliphatic heterocycles. The summed E-state index contributed by atoms with van der Waals surface area (Å²) in [7, 11) is 1.75. The van der Waals surface area contributed by atoms with Gasteiger partial charge in [-0.2, -0.15) is 0 Å². The Morgan fingerprint density at radius 2 is 1.85 bits per heavy atom. The highest BCUT2D eigenvalue weighted by atomic mass is 19.1. The molecular formula is C10H9F2N. The van der Waals surface area contributed by atoms with E-state index in [1.54, 1.807) is 7.05 Å². The van der Waals surface area contributed by atoms with Crippen LogP contribution in [0.4, 0.5) is 8.78 Å². The largest absolute Gasteiger partial charge is 0.309 e. The van der Waals surface area contributed by atoms with Gasteiger partial charge < -0.3 is 5.32 Å². The Morgan fingerprint density at radius 3 is 2.38 bits per heavy atom. The van der Waals surface area contributed by atoms with Gasteiger partial charge in [0.25, 0.3) is 0 Å². The molecule has 3 heteroatoms. The molecule has 0 spiro atoms. The van der Waals surface area contributed by atoms with Crippen LogP contribution >= 0.6 is 0 Å². The quantitative estimate of drug-likeness (QED) is 0.648. The molecule has 0 aromatic heterocycles. The van der Waals surface area contributed by atoms with Crippen LogP contribution < -0.4 is 5.32 Å². The van der Waals surface area contributed by atoms with Crippen molar-refractivity contribution >= 4 is 0 Å². The third-order valence-corrected chi connectivity index (χ3v) is 1.36. The number of benzene rings is 1. The smallest absolute Gasteiger partial charge is 0.127 e. The number of halogens is 2. The fourth-order valence-corrected chi connectivity index (χ4v) is 0.861. The Morgan fingerprint density at radius 1 is 1.23 bits per heavy atom. The minimum absolute atomic E-state index is 0.354. The molecule has 1 rings (SSSR count). The fraction of sp³-hybridized carbons (Fsp3) is 0.200. The molecule has 1 aromatic carbocycles. The van der Waals surface area contributed by atoms with E-state index < -0.39 is 11.6 Å². The van der Waals surface area contributed by atoms with Crippen LogP contribution in [0.2, 0.25) is 0 Å². The highest BCUT2D eigenvalue weighted by Gasteiger charge is 1.96. The molecule has 0 heterocycles. The van der Waals surface area contributed by atoms with E-state index in [1.165, 1.54) is 12.1 Å². The average Bonchev–Trinajstić information content (AvgIpc) is 2.03. The molecule has 0 unspecified atom stereocenters. The van der Waals surface area contributed by atoms with Crippen molar-refractivity contribution in [2.75, 3.05) is 13.6 Å². The van der Waals surface area contributed by atoms with Gasteiger partial charge in [0.15, 0.2) is 0 Å². The second-order valence-electron chi connectivity index (χ2n) is 2.49. The van der Waals surface area contributed by atoms with Gasteiger partial charge in [0.05, 0.1) is 6.54 Å². The van der Waals surface area contributed by atoms with Gasteiger partial charge in [0.2, 0.25) is 0 Å². The maximum Gasteiger partial charge on any atom is 0.127 e. The van der Waals surface area contributed by atoms with E-state index in [0.717, 1.165) is 6.07 Å². The molecule has 0 aliphatic rings. The fourth-order valence-electron chi connectivity index (χ4n) is 0.861. The second-order valence-corrected chi connectivity index (χ2v) is 2.49. The summed E-state index contributed by atoms with van der Waals surface area (Å²) < 4.78 is 25.2. The van der Waals surface area contributed by atoms with Crippen LogP contribution in [0.3, 0.4) is 0 Å². The number of hydrogen-bond donors (Lipinski definition) is 1. The van der Waals surface area contributed by atoms with Crippen molar-refractivity contribution in [3.05, 3.63) is 35.4 Å². The molecule has 1 nitrogen and oxygen atoms in total. The van der Waals surface area contributed by atoms with Crippen molar-refractivity contribution in [2.24, 2.45) is 0 Å². The monoisotopic (exact) mass is 181 g/mol. The zero-order valence-electron chi connectivity index (χ0n) is 7.20. The van der Waals surface area contributed by atoms with Gasteiger partial charge in [-0.1, -0.05) is 11.8 Å². The maximum atomic E-state index is 12.6. The normalized spacial score (nSPS) is 9.15. The van der Waals surface area contributed by atoms with Crippen molar-refractivity contribution in [3.63, 3.8) is 0 Å². The van der Waals surface area contributed by atoms with Gasteiger partial charge in [0.1, 0.15) is 11.6 Å². The van der Waals surface area contributed by atoms with Crippen LogP contribution in [0.25, 0.3) is 0 Å². The summed E-state index contributed by atoms with van der Waals surface area (Å²) in [6.07, 6.45) is 0. The Hall–Kier alpha value is -1.40. The summed E-state index contributed by atoms with van der Waals surface area (Å²) in [5.74, 6) is 4.14. The Bertz CT molecular complexity index is 329. The molecule has 0 radical (unpaired) electrons. The molecule has 0 amide bonds. The molecule has 0 bridgehead atoms. The minimum atomic E-state index is -0.603. The third kappa shape index (κ3) is 3.22. The van der Waals surface area contributed by atoms with Gasteiger partial charge >= 0.3 is 0 Å². The highest BCUT2D eigenvalue weighted by Crippen LogP contribution is 2.06. The van der Waals surface area contributed by atoms with Crippen LogP contribution in [-0.4, -0.2) is 13.6 Å². The maximum absolute atomic E-state index is 12.6. The Labute approximate surface area is 75.8 Å². The van der Waals surface area contributed by atoms with Crippen LogP contribution in [0.1, 0.15) is 5.56 Å². The first kappa shape index (κ1) is 9.69. The van der Waals surface area contributed by atoms with Crippen molar-refractivity contribution in [2.45, 2.75) is 0 Å². The average molecular weight is 181 g/mol. The summed E-state index contributed by atoms with van der Waals surface area (Å²) in [6.45, 7) is 0.498. The summed E-state index contributed by atoms with van der Waals surface area (Å²) >= 11 is 0. The predicted octanol–water partition coefficient (Wildman–Crippen LogP) is 1.54. The molecule has 1 aromatic rings. The van der Waals surface area contributed by atoms with E-state index >= 15 is 0 Å². The van der Waals surface area contributed by atoms with E-state index in [-0.39, 0.29) is 0 Å². The standard InChI is InChI=1S/C10H9F2N/c1-13-4-2-3-8-5-9(11)7-10(12)6-8/h5-7,13H,4H2,1H3. The minimum Gasteiger partial charge on any atom is -0.309 e. The van der Waals surface area contributed by atoms with Gasteiger partial charge in [-0.15, -0.1) is 0 Å². The van der Waals surface area contributed by atoms with Crippen LogP contribution in [0, 0.1) is 23.5 Å². The second kappa shape index (κ2) is 4.58. The van der Waals surface area contributed by atoms with E-state index in [9.17, 15) is 8.78 Å². The topological polar surface area (TPSA) is 12.0 Å². The van der Waals surface area contributed by atoms with E-state index in [0.29, 0.717) is 12.1 Å². The summed E-state index contributed by atoms with van der Waals surface area (Å²) in [6, 6.07) is 3.22. The lowest BCUT2D eigenvalue weighted by Gasteiger charge is -1.92. The van der Waals surface area contributed by atoms with Gasteiger partial charge in [-0.3, -0.25) is 0 Å². The number of hydrogen-bond acceptors (Lipinski definition) is 1. The molecule has 0 fully saturated rings. The Balaban J connectivity index is 2.85. The highest BCUT2D eigenvalue weighted by molar-refractivity contribution is 5.34. The van der Waals surface area contributed by atoms with Crippen LogP contribution in [-0.2, 0) is 0 Å². The van der Waals surface area contributed by atoms with E-state index in [2.05, 4.69) is 17.2 Å². The van der Waals surface area contributed by atoms with Crippen molar-refractivity contribution < 1.29 is 8.78 Å². The first-order valence-corrected chi connectivity index (χ1v) is 3.82. The number of rotatable bonds is 1. The SMILES string of the molecule is CNCC#Cc1cc(F)cc(F)c1. The predicted molar refractivity (Wildman–Crippen MR) is 47.2 cm³/mol. The molecule has 0 atom stereocenters. The molecule has 68 valence electrons. The lowest BCUT2D eigenvalue weighted by molar-refractivity contribution is 0.582. The van der Waals surface area contributed by atoms with Crippen LogP contribution in [0.15, 0.2) is 18.2 Å². The molecule has 13 heavy (non-hydrogen) atoms. The number of nitrogens with one attached hydrogen (secondary N) is 1. The zero-order chi connectivity index (χ0) is 9.68. The van der Waals surface area contributed by atoms with Gasteiger partial charge in [0, 0.05) is 11.6 Å². The van der Waals surface area contributed by atoms with Gasteiger partial charge in [-0.05, 0) is 19.2 Å². The molecular weight excluding hydrogens is 172 g/mol. The first-order chi connectivity index (χ1) is 6.22. The van der Waals surface area contributed by atoms with Gasteiger partial charge in [-0.25, -0.2) is 8.78 Å². The molecule has 0 saturated carbocycles. The van der Waals surface area contributed by atoms with Crippen molar-refractivity contribution in [3.8, 4) is 11.8 Å². The van der Waals surface area contributed by atoms with E-state index in [4.69, 9.17) is 0 Å². The van der Waals surface area contributed by atoms with Crippen molar-refractivity contribution in [1.29, 1.82) is 0 Å². The molecule has 0 saturated heterocycles.